The SMILES string of the molecule is COc1cccc(NCCNc2cc(-c3cc(C)cc(C)c3)nc(N)n2)c1. The highest BCUT2D eigenvalue weighted by Crippen LogP contribution is 2.23. The Labute approximate surface area is 159 Å². The molecule has 1 aromatic heterocycles. The van der Waals surface area contributed by atoms with E-state index in [0.717, 1.165) is 29.2 Å². The smallest absolute Gasteiger partial charge is 0.222 e. The van der Waals surface area contributed by atoms with Crippen LogP contribution in [0, 0.1) is 13.8 Å². The molecule has 0 atom stereocenters. The Morgan fingerprint density at radius 2 is 1.67 bits per heavy atom. The Morgan fingerprint density at radius 3 is 2.41 bits per heavy atom. The predicted molar refractivity (Wildman–Crippen MR) is 111 cm³/mol. The molecule has 27 heavy (non-hydrogen) atoms. The number of benzene rings is 2. The standard InChI is InChI=1S/C21H25N5O/c1-14-9-15(2)11-16(10-14)19-13-20(26-21(22)25-19)24-8-7-23-17-5-4-6-18(12-17)27-3/h4-6,9-13,23H,7-8H2,1-3H3,(H3,22,24,25,26). The molecule has 0 fully saturated rings. The van der Waals surface area contributed by atoms with Crippen molar-refractivity contribution in [2.24, 2.45) is 0 Å². The minimum absolute atomic E-state index is 0.259. The van der Waals surface area contributed by atoms with Crippen LogP contribution in [-0.2, 0) is 0 Å². The molecule has 0 bridgehead atoms. The molecule has 0 aliphatic heterocycles. The Morgan fingerprint density at radius 1 is 0.926 bits per heavy atom. The van der Waals surface area contributed by atoms with Gasteiger partial charge in [-0.15, -0.1) is 0 Å². The van der Waals surface area contributed by atoms with E-state index in [4.69, 9.17) is 10.5 Å². The second-order valence-electron chi connectivity index (χ2n) is 6.46. The first-order chi connectivity index (χ1) is 13.0. The summed E-state index contributed by atoms with van der Waals surface area (Å²) in [5.41, 5.74) is 11.2. The summed E-state index contributed by atoms with van der Waals surface area (Å²) in [6.07, 6.45) is 0. The van der Waals surface area contributed by atoms with Gasteiger partial charge in [-0.25, -0.2) is 4.98 Å². The average molecular weight is 363 g/mol. The predicted octanol–water partition coefficient (Wildman–Crippen LogP) is 3.88. The van der Waals surface area contributed by atoms with Crippen LogP contribution in [0.3, 0.4) is 0 Å². The fourth-order valence-electron chi connectivity index (χ4n) is 2.96. The van der Waals surface area contributed by atoms with Gasteiger partial charge in [-0.3, -0.25) is 0 Å². The fourth-order valence-corrected chi connectivity index (χ4v) is 2.96. The van der Waals surface area contributed by atoms with Crippen molar-refractivity contribution in [3.05, 3.63) is 59.7 Å². The molecular formula is C21H25N5O. The van der Waals surface area contributed by atoms with Crippen LogP contribution < -0.4 is 21.1 Å². The summed E-state index contributed by atoms with van der Waals surface area (Å²) in [7, 11) is 1.66. The van der Waals surface area contributed by atoms with Crippen LogP contribution in [0.2, 0.25) is 0 Å². The largest absolute Gasteiger partial charge is 0.497 e. The molecule has 3 rings (SSSR count). The number of nitrogens with zero attached hydrogens (tertiary/aromatic N) is 2. The minimum atomic E-state index is 0.259. The zero-order valence-corrected chi connectivity index (χ0v) is 15.9. The van der Waals surface area contributed by atoms with E-state index in [-0.39, 0.29) is 5.95 Å². The Balaban J connectivity index is 1.64. The van der Waals surface area contributed by atoms with E-state index in [2.05, 4.69) is 52.6 Å². The number of hydrogen-bond donors (Lipinski definition) is 3. The third-order valence-corrected chi connectivity index (χ3v) is 4.09. The lowest BCUT2D eigenvalue weighted by Crippen LogP contribution is -2.15. The van der Waals surface area contributed by atoms with Crippen molar-refractivity contribution in [3.63, 3.8) is 0 Å². The van der Waals surface area contributed by atoms with Crippen LogP contribution in [0.5, 0.6) is 5.75 Å². The highest BCUT2D eigenvalue weighted by molar-refractivity contribution is 5.65. The van der Waals surface area contributed by atoms with Crippen LogP contribution in [0.15, 0.2) is 48.5 Å². The molecule has 0 radical (unpaired) electrons. The van der Waals surface area contributed by atoms with E-state index < -0.39 is 0 Å². The van der Waals surface area contributed by atoms with Crippen LogP contribution >= 0.6 is 0 Å². The van der Waals surface area contributed by atoms with Crippen molar-refractivity contribution in [3.8, 4) is 17.0 Å². The molecule has 140 valence electrons. The topological polar surface area (TPSA) is 85.1 Å². The lowest BCUT2D eigenvalue weighted by Gasteiger charge is -2.11. The molecule has 3 aromatic rings. The van der Waals surface area contributed by atoms with Gasteiger partial charge in [-0.1, -0.05) is 23.3 Å². The highest BCUT2D eigenvalue weighted by Gasteiger charge is 2.06. The summed E-state index contributed by atoms with van der Waals surface area (Å²) in [5, 5.41) is 6.65. The molecule has 0 aliphatic rings. The first-order valence-electron chi connectivity index (χ1n) is 8.88. The van der Waals surface area contributed by atoms with Crippen molar-refractivity contribution in [1.82, 2.24) is 9.97 Å². The first-order valence-corrected chi connectivity index (χ1v) is 8.88. The number of nitrogens with two attached hydrogens (primary N) is 1. The van der Waals surface area contributed by atoms with E-state index in [9.17, 15) is 0 Å². The normalized spacial score (nSPS) is 10.5. The Bertz CT molecular complexity index is 906. The minimum Gasteiger partial charge on any atom is -0.497 e. The molecule has 0 spiro atoms. The van der Waals surface area contributed by atoms with Crippen LogP contribution in [0.4, 0.5) is 17.5 Å². The van der Waals surface area contributed by atoms with E-state index in [0.29, 0.717) is 12.4 Å². The molecular weight excluding hydrogens is 338 g/mol. The molecule has 2 aromatic carbocycles. The summed E-state index contributed by atoms with van der Waals surface area (Å²) >= 11 is 0. The molecule has 0 aliphatic carbocycles. The first kappa shape index (κ1) is 18.5. The monoisotopic (exact) mass is 363 g/mol. The maximum absolute atomic E-state index is 5.91. The van der Waals surface area contributed by atoms with Gasteiger partial charge in [0.25, 0.3) is 0 Å². The molecule has 0 saturated carbocycles. The van der Waals surface area contributed by atoms with E-state index >= 15 is 0 Å². The summed E-state index contributed by atoms with van der Waals surface area (Å²) in [5.74, 6) is 1.80. The van der Waals surface area contributed by atoms with Gasteiger partial charge in [0.15, 0.2) is 0 Å². The van der Waals surface area contributed by atoms with Crippen molar-refractivity contribution >= 4 is 17.5 Å². The van der Waals surface area contributed by atoms with Gasteiger partial charge in [0.2, 0.25) is 5.95 Å². The van der Waals surface area contributed by atoms with Gasteiger partial charge < -0.3 is 21.1 Å². The maximum atomic E-state index is 5.91. The molecule has 6 heteroatoms. The summed E-state index contributed by atoms with van der Waals surface area (Å²) in [6, 6.07) is 16.1. The molecule has 6 nitrogen and oxygen atoms in total. The number of ether oxygens (including phenoxy) is 1. The van der Waals surface area contributed by atoms with Crippen molar-refractivity contribution in [2.75, 3.05) is 36.6 Å². The molecule has 4 N–H and O–H groups in total. The third-order valence-electron chi connectivity index (χ3n) is 4.09. The number of nitrogens with one attached hydrogen (secondary N) is 2. The van der Waals surface area contributed by atoms with Gasteiger partial charge >= 0.3 is 0 Å². The summed E-state index contributed by atoms with van der Waals surface area (Å²) in [6.45, 7) is 5.57. The highest BCUT2D eigenvalue weighted by atomic mass is 16.5. The number of nitrogen functional groups attached to an aromatic ring is 1. The number of aromatic nitrogens is 2. The molecule has 0 amide bonds. The summed E-state index contributed by atoms with van der Waals surface area (Å²) < 4.78 is 5.23. The number of methoxy groups -OCH3 is 1. The quantitative estimate of drug-likeness (QED) is 0.553. The third kappa shape index (κ3) is 5.10. The number of rotatable bonds is 7. The van der Waals surface area contributed by atoms with E-state index in [1.807, 2.05) is 30.3 Å². The van der Waals surface area contributed by atoms with Crippen molar-refractivity contribution in [1.29, 1.82) is 0 Å². The number of anilines is 3. The van der Waals surface area contributed by atoms with Crippen molar-refractivity contribution < 1.29 is 4.74 Å². The maximum Gasteiger partial charge on any atom is 0.222 e. The Kier molecular flexibility index (Phi) is 5.76. The van der Waals surface area contributed by atoms with Crippen molar-refractivity contribution in [2.45, 2.75) is 13.8 Å². The average Bonchev–Trinajstić information content (AvgIpc) is 2.64. The van der Waals surface area contributed by atoms with Gasteiger partial charge in [0.1, 0.15) is 11.6 Å². The van der Waals surface area contributed by atoms with Gasteiger partial charge in [-0.05, 0) is 38.1 Å². The lowest BCUT2D eigenvalue weighted by atomic mass is 10.0. The number of hydrogen-bond acceptors (Lipinski definition) is 6. The lowest BCUT2D eigenvalue weighted by molar-refractivity contribution is 0.415. The van der Waals surface area contributed by atoms with Gasteiger partial charge in [0, 0.05) is 36.5 Å². The summed E-state index contributed by atoms with van der Waals surface area (Å²) in [4.78, 5) is 8.66. The second kappa shape index (κ2) is 8.40. The number of aryl methyl sites for hydroxylation is 2. The molecule has 0 unspecified atom stereocenters. The zero-order valence-electron chi connectivity index (χ0n) is 15.9. The van der Waals surface area contributed by atoms with Gasteiger partial charge in [0.05, 0.1) is 12.8 Å². The zero-order chi connectivity index (χ0) is 19.2. The van der Waals surface area contributed by atoms with Gasteiger partial charge in [-0.2, -0.15) is 4.98 Å². The fraction of sp³-hybridized carbons (Fsp3) is 0.238. The molecule has 0 saturated heterocycles. The molecule has 1 heterocycles. The van der Waals surface area contributed by atoms with E-state index in [1.54, 1.807) is 7.11 Å². The van der Waals surface area contributed by atoms with Crippen LogP contribution in [0.1, 0.15) is 11.1 Å². The van der Waals surface area contributed by atoms with E-state index in [1.165, 1.54) is 11.1 Å². The van der Waals surface area contributed by atoms with Crippen LogP contribution in [0.25, 0.3) is 11.3 Å². The van der Waals surface area contributed by atoms with Crippen LogP contribution in [-0.4, -0.2) is 30.2 Å². The Hall–Kier alpha value is -3.28. The second-order valence-corrected chi connectivity index (χ2v) is 6.46.